The molecule has 0 saturated carbocycles. The summed E-state index contributed by atoms with van der Waals surface area (Å²) in [4.78, 5) is 9.83. The Bertz CT molecular complexity index is 495. The van der Waals surface area contributed by atoms with Gasteiger partial charge in [-0.15, -0.1) is 0 Å². The van der Waals surface area contributed by atoms with E-state index in [0.29, 0.717) is 0 Å². The second-order valence-electron chi connectivity index (χ2n) is 5.01. The molecule has 2 aromatic rings. The summed E-state index contributed by atoms with van der Waals surface area (Å²) in [5.41, 5.74) is 3.49. The number of benzene rings is 1. The van der Waals surface area contributed by atoms with E-state index >= 15 is 0 Å². The minimum Gasteiger partial charge on any atom is -0.371 e. The number of nitrogens with one attached hydrogen (secondary N) is 1. The molecule has 0 aliphatic carbocycles. The molecular formula is C13H17N3. The maximum atomic E-state index is 4.23. The molecule has 1 fully saturated rings. The average molecular weight is 215 g/mol. The fourth-order valence-corrected chi connectivity index (χ4v) is 2.27. The Morgan fingerprint density at radius 2 is 2.19 bits per heavy atom. The lowest BCUT2D eigenvalue weighted by Crippen LogP contribution is -2.49. The van der Waals surface area contributed by atoms with Crippen LogP contribution in [0.3, 0.4) is 0 Å². The van der Waals surface area contributed by atoms with Crippen LogP contribution in [0.15, 0.2) is 24.5 Å². The summed E-state index contributed by atoms with van der Waals surface area (Å²) in [7, 11) is 0. The zero-order chi connectivity index (χ0) is 11.1. The van der Waals surface area contributed by atoms with Crippen molar-refractivity contribution in [1.29, 1.82) is 0 Å². The summed E-state index contributed by atoms with van der Waals surface area (Å²) in [6, 6.07) is 6.45. The molecule has 1 N–H and O–H groups in total. The molecule has 1 saturated heterocycles. The zero-order valence-electron chi connectivity index (χ0n) is 9.77. The molecular weight excluding hydrogens is 198 g/mol. The first-order chi connectivity index (χ1) is 7.74. The maximum absolute atomic E-state index is 4.23. The quantitative estimate of drug-likeness (QED) is 0.835. The van der Waals surface area contributed by atoms with Crippen LogP contribution in [-0.4, -0.2) is 23.1 Å². The first-order valence-corrected chi connectivity index (χ1v) is 5.92. The third-order valence-electron chi connectivity index (χ3n) is 3.62. The summed E-state index contributed by atoms with van der Waals surface area (Å²) >= 11 is 0. The van der Waals surface area contributed by atoms with E-state index in [2.05, 4.69) is 46.9 Å². The number of rotatable bonds is 2. The lowest BCUT2D eigenvalue weighted by atomic mass is 9.88. The smallest absolute Gasteiger partial charge is 0.0931 e. The molecule has 2 heterocycles. The molecule has 0 unspecified atom stereocenters. The van der Waals surface area contributed by atoms with Gasteiger partial charge in [0.25, 0.3) is 0 Å². The first-order valence-electron chi connectivity index (χ1n) is 5.92. The molecule has 0 atom stereocenters. The maximum Gasteiger partial charge on any atom is 0.0931 e. The van der Waals surface area contributed by atoms with Gasteiger partial charge in [0.05, 0.1) is 17.4 Å². The van der Waals surface area contributed by atoms with Crippen LogP contribution < -0.4 is 4.90 Å². The van der Waals surface area contributed by atoms with Crippen molar-refractivity contribution in [2.45, 2.75) is 13.8 Å². The van der Waals surface area contributed by atoms with Crippen molar-refractivity contribution >= 4 is 16.7 Å². The molecule has 1 aliphatic rings. The van der Waals surface area contributed by atoms with Gasteiger partial charge in [0.15, 0.2) is 0 Å². The lowest BCUT2D eigenvalue weighted by Gasteiger charge is -2.43. The number of aromatic amines is 1. The minimum atomic E-state index is 0.798. The van der Waals surface area contributed by atoms with E-state index in [9.17, 15) is 0 Å². The van der Waals surface area contributed by atoms with Gasteiger partial charge in [-0.1, -0.05) is 13.8 Å². The third-order valence-corrected chi connectivity index (χ3v) is 3.62. The molecule has 0 amide bonds. The number of fused-ring (bicyclic) bond motifs is 1. The molecule has 1 aromatic heterocycles. The van der Waals surface area contributed by atoms with Crippen molar-refractivity contribution in [3.05, 3.63) is 24.5 Å². The highest BCUT2D eigenvalue weighted by Crippen LogP contribution is 2.30. The third kappa shape index (κ3) is 1.47. The van der Waals surface area contributed by atoms with Crippen LogP contribution >= 0.6 is 0 Å². The summed E-state index contributed by atoms with van der Waals surface area (Å²) in [5.74, 6) is 1.66. The highest BCUT2D eigenvalue weighted by molar-refractivity contribution is 5.79. The lowest BCUT2D eigenvalue weighted by molar-refractivity contribution is 0.310. The van der Waals surface area contributed by atoms with Crippen molar-refractivity contribution in [1.82, 2.24) is 9.97 Å². The molecule has 1 aromatic carbocycles. The van der Waals surface area contributed by atoms with Crippen LogP contribution in [0.5, 0.6) is 0 Å². The van der Waals surface area contributed by atoms with Crippen molar-refractivity contribution in [3.63, 3.8) is 0 Å². The van der Waals surface area contributed by atoms with Gasteiger partial charge in [-0.2, -0.15) is 0 Å². The number of aromatic nitrogens is 2. The van der Waals surface area contributed by atoms with Crippen molar-refractivity contribution in [2.24, 2.45) is 11.8 Å². The van der Waals surface area contributed by atoms with Crippen LogP contribution in [0.25, 0.3) is 11.0 Å². The van der Waals surface area contributed by atoms with Gasteiger partial charge in [-0.3, -0.25) is 0 Å². The summed E-state index contributed by atoms with van der Waals surface area (Å²) in [6.45, 7) is 6.99. The van der Waals surface area contributed by atoms with E-state index in [1.165, 1.54) is 18.8 Å². The second kappa shape index (κ2) is 3.51. The standard InChI is InChI=1S/C13H17N3/c1-9(2)10-6-16(7-10)11-3-4-12-13(5-11)15-8-14-12/h3-5,8-10H,6-7H2,1-2H3,(H,14,15). The Morgan fingerprint density at radius 1 is 1.38 bits per heavy atom. The van der Waals surface area contributed by atoms with E-state index in [4.69, 9.17) is 0 Å². The zero-order valence-corrected chi connectivity index (χ0v) is 9.77. The first kappa shape index (κ1) is 9.70. The van der Waals surface area contributed by atoms with Crippen LogP contribution in [0.1, 0.15) is 13.8 Å². The minimum absolute atomic E-state index is 0.798. The van der Waals surface area contributed by atoms with E-state index in [1.807, 2.05) is 0 Å². The van der Waals surface area contributed by atoms with Crippen molar-refractivity contribution in [2.75, 3.05) is 18.0 Å². The predicted molar refractivity (Wildman–Crippen MR) is 66.6 cm³/mol. The van der Waals surface area contributed by atoms with Gasteiger partial charge < -0.3 is 9.88 Å². The second-order valence-corrected chi connectivity index (χ2v) is 5.01. The van der Waals surface area contributed by atoms with Gasteiger partial charge in [0.1, 0.15) is 0 Å². The fraction of sp³-hybridized carbons (Fsp3) is 0.462. The number of nitrogens with zero attached hydrogens (tertiary/aromatic N) is 2. The Morgan fingerprint density at radius 3 is 2.94 bits per heavy atom. The fourth-order valence-electron chi connectivity index (χ4n) is 2.27. The molecule has 0 radical (unpaired) electrons. The Kier molecular flexibility index (Phi) is 2.13. The summed E-state index contributed by atoms with van der Waals surface area (Å²) in [6.07, 6.45) is 1.75. The molecule has 3 nitrogen and oxygen atoms in total. The summed E-state index contributed by atoms with van der Waals surface area (Å²) < 4.78 is 0. The Labute approximate surface area is 95.5 Å². The van der Waals surface area contributed by atoms with Crippen molar-refractivity contribution in [3.8, 4) is 0 Å². The molecule has 1 aliphatic heterocycles. The molecule has 3 heteroatoms. The Hall–Kier alpha value is -1.51. The van der Waals surface area contributed by atoms with Gasteiger partial charge in [-0.05, 0) is 30.0 Å². The number of anilines is 1. The van der Waals surface area contributed by atoms with Crippen LogP contribution in [-0.2, 0) is 0 Å². The number of H-pyrrole nitrogens is 1. The molecule has 0 spiro atoms. The van der Waals surface area contributed by atoms with Crippen LogP contribution in [0, 0.1) is 11.8 Å². The highest BCUT2D eigenvalue weighted by Gasteiger charge is 2.29. The largest absolute Gasteiger partial charge is 0.371 e. The van der Waals surface area contributed by atoms with Crippen LogP contribution in [0.2, 0.25) is 0 Å². The van der Waals surface area contributed by atoms with Crippen molar-refractivity contribution < 1.29 is 0 Å². The topological polar surface area (TPSA) is 31.9 Å². The monoisotopic (exact) mass is 215 g/mol. The molecule has 16 heavy (non-hydrogen) atoms. The van der Waals surface area contributed by atoms with Crippen LogP contribution in [0.4, 0.5) is 5.69 Å². The molecule has 0 bridgehead atoms. The normalized spacial score (nSPS) is 17.1. The van der Waals surface area contributed by atoms with Gasteiger partial charge in [-0.25, -0.2) is 4.98 Å². The predicted octanol–water partition coefficient (Wildman–Crippen LogP) is 2.66. The van der Waals surface area contributed by atoms with Gasteiger partial charge >= 0.3 is 0 Å². The van der Waals surface area contributed by atoms with E-state index in [-0.39, 0.29) is 0 Å². The number of hydrogen-bond acceptors (Lipinski definition) is 2. The number of imidazole rings is 1. The average Bonchev–Trinajstić information content (AvgIpc) is 2.61. The van der Waals surface area contributed by atoms with E-state index in [1.54, 1.807) is 6.33 Å². The van der Waals surface area contributed by atoms with E-state index in [0.717, 1.165) is 22.9 Å². The molecule has 3 rings (SSSR count). The number of hydrogen-bond donors (Lipinski definition) is 1. The summed E-state index contributed by atoms with van der Waals surface area (Å²) in [5, 5.41) is 0. The van der Waals surface area contributed by atoms with E-state index < -0.39 is 0 Å². The Balaban J connectivity index is 1.80. The highest BCUT2D eigenvalue weighted by atomic mass is 15.2. The van der Waals surface area contributed by atoms with Gasteiger partial charge in [0.2, 0.25) is 0 Å². The SMILES string of the molecule is CC(C)C1CN(c2ccc3nc[nH]c3c2)C1. The molecule has 84 valence electrons. The van der Waals surface area contributed by atoms with Gasteiger partial charge in [0, 0.05) is 18.8 Å².